The molecule has 0 spiro atoms. The molecule has 0 bridgehead atoms. The maximum Gasteiger partial charge on any atom is 0.123 e. The summed E-state index contributed by atoms with van der Waals surface area (Å²) < 4.78 is 13.3. The molecule has 0 atom stereocenters. The minimum Gasteiger partial charge on any atom is -0.497 e. The number of ether oxygens (including phenoxy) is 2. The molecule has 114 valence electrons. The number of benzene rings is 2. The van der Waals surface area contributed by atoms with Crippen LogP contribution in [0.2, 0.25) is 5.02 Å². The highest BCUT2D eigenvalue weighted by Crippen LogP contribution is 2.27. The van der Waals surface area contributed by atoms with Crippen molar-refractivity contribution in [2.45, 2.75) is 20.1 Å². The van der Waals surface area contributed by atoms with Gasteiger partial charge >= 0.3 is 0 Å². The van der Waals surface area contributed by atoms with E-state index in [1.54, 1.807) is 7.11 Å². The first-order chi connectivity index (χ1) is 10.7. The normalized spacial score (nSPS) is 10.9. The number of halogens is 1. The van der Waals surface area contributed by atoms with Gasteiger partial charge in [-0.15, -0.1) is 0 Å². The zero-order chi connectivity index (χ0) is 15.5. The van der Waals surface area contributed by atoms with Crippen LogP contribution in [0.15, 0.2) is 48.7 Å². The fourth-order valence-corrected chi connectivity index (χ4v) is 2.74. The number of fused-ring (bicyclic) bond motifs is 1. The summed E-state index contributed by atoms with van der Waals surface area (Å²) in [6, 6.07) is 13.6. The zero-order valence-corrected chi connectivity index (χ0v) is 13.4. The maximum absolute atomic E-state index is 6.10. The highest BCUT2D eigenvalue weighted by molar-refractivity contribution is 6.31. The minimum absolute atomic E-state index is 0.512. The SMILES string of the molecule is CCn1cc(COc2cccc(OC)c2)c2ccc(Cl)cc21. The third-order valence-electron chi connectivity index (χ3n) is 3.70. The number of hydrogen-bond donors (Lipinski definition) is 0. The van der Waals surface area contributed by atoms with Crippen molar-refractivity contribution in [1.82, 2.24) is 4.57 Å². The van der Waals surface area contributed by atoms with E-state index < -0.39 is 0 Å². The summed E-state index contributed by atoms with van der Waals surface area (Å²) in [6.07, 6.45) is 2.13. The van der Waals surface area contributed by atoms with Crippen LogP contribution in [0, 0.1) is 0 Å². The molecule has 4 heteroatoms. The van der Waals surface area contributed by atoms with Crippen molar-refractivity contribution in [1.29, 1.82) is 0 Å². The Hall–Kier alpha value is -2.13. The van der Waals surface area contributed by atoms with Crippen LogP contribution in [0.1, 0.15) is 12.5 Å². The van der Waals surface area contributed by atoms with Gasteiger partial charge in [-0.1, -0.05) is 23.7 Å². The van der Waals surface area contributed by atoms with Crippen LogP contribution in [0.4, 0.5) is 0 Å². The molecule has 3 rings (SSSR count). The molecular formula is C18H18ClNO2. The quantitative estimate of drug-likeness (QED) is 0.668. The highest BCUT2D eigenvalue weighted by atomic mass is 35.5. The van der Waals surface area contributed by atoms with Crippen molar-refractivity contribution in [3.63, 3.8) is 0 Å². The topological polar surface area (TPSA) is 23.4 Å². The predicted molar refractivity (Wildman–Crippen MR) is 89.9 cm³/mol. The molecule has 1 heterocycles. The monoisotopic (exact) mass is 315 g/mol. The van der Waals surface area contributed by atoms with Gasteiger partial charge in [-0.2, -0.15) is 0 Å². The van der Waals surface area contributed by atoms with E-state index in [0.717, 1.165) is 34.1 Å². The van der Waals surface area contributed by atoms with E-state index in [1.807, 2.05) is 42.5 Å². The summed E-state index contributed by atoms with van der Waals surface area (Å²) in [5.41, 5.74) is 2.29. The summed E-state index contributed by atoms with van der Waals surface area (Å²) in [7, 11) is 1.65. The van der Waals surface area contributed by atoms with E-state index in [4.69, 9.17) is 21.1 Å². The Balaban J connectivity index is 1.87. The summed E-state index contributed by atoms with van der Waals surface area (Å²) in [4.78, 5) is 0. The molecule has 0 unspecified atom stereocenters. The Kier molecular flexibility index (Phi) is 4.25. The number of aromatic nitrogens is 1. The average molecular weight is 316 g/mol. The van der Waals surface area contributed by atoms with Crippen molar-refractivity contribution in [3.05, 3.63) is 59.2 Å². The van der Waals surface area contributed by atoms with Crippen molar-refractivity contribution in [3.8, 4) is 11.5 Å². The summed E-state index contributed by atoms with van der Waals surface area (Å²) >= 11 is 6.10. The third-order valence-corrected chi connectivity index (χ3v) is 3.94. The lowest BCUT2D eigenvalue weighted by Gasteiger charge is -2.07. The van der Waals surface area contributed by atoms with Crippen molar-refractivity contribution in [2.24, 2.45) is 0 Å². The third kappa shape index (κ3) is 2.90. The summed E-state index contributed by atoms with van der Waals surface area (Å²) in [5.74, 6) is 1.59. The van der Waals surface area contributed by atoms with Crippen LogP contribution in [0.25, 0.3) is 10.9 Å². The molecule has 22 heavy (non-hydrogen) atoms. The smallest absolute Gasteiger partial charge is 0.123 e. The van der Waals surface area contributed by atoms with E-state index in [0.29, 0.717) is 6.61 Å². The number of nitrogens with zero attached hydrogens (tertiary/aromatic N) is 1. The number of rotatable bonds is 5. The number of methoxy groups -OCH3 is 1. The van der Waals surface area contributed by atoms with Crippen LogP contribution < -0.4 is 9.47 Å². The van der Waals surface area contributed by atoms with Crippen LogP contribution in [-0.2, 0) is 13.2 Å². The van der Waals surface area contributed by atoms with Gasteiger partial charge in [0.15, 0.2) is 0 Å². The zero-order valence-electron chi connectivity index (χ0n) is 12.7. The molecule has 0 saturated carbocycles. The first-order valence-corrected chi connectivity index (χ1v) is 7.63. The van der Waals surface area contributed by atoms with Crippen molar-refractivity contribution in [2.75, 3.05) is 7.11 Å². The van der Waals surface area contributed by atoms with Gasteiger partial charge in [-0.3, -0.25) is 0 Å². The lowest BCUT2D eigenvalue weighted by atomic mass is 10.2. The van der Waals surface area contributed by atoms with Crippen molar-refractivity contribution < 1.29 is 9.47 Å². The Morgan fingerprint density at radius 3 is 2.68 bits per heavy atom. The molecule has 0 fully saturated rings. The molecule has 0 aliphatic heterocycles. The van der Waals surface area contributed by atoms with Gasteiger partial charge in [-0.05, 0) is 31.2 Å². The lowest BCUT2D eigenvalue weighted by molar-refractivity contribution is 0.304. The van der Waals surface area contributed by atoms with E-state index in [2.05, 4.69) is 17.7 Å². The molecule has 0 N–H and O–H groups in total. The van der Waals surface area contributed by atoms with E-state index in [-0.39, 0.29) is 0 Å². The first kappa shape index (κ1) is 14.8. The number of hydrogen-bond acceptors (Lipinski definition) is 2. The van der Waals surface area contributed by atoms with Gasteiger partial charge in [0, 0.05) is 40.3 Å². The molecule has 0 aliphatic rings. The molecule has 0 saturated heterocycles. The molecule has 3 aromatic rings. The molecule has 0 radical (unpaired) electrons. The summed E-state index contributed by atoms with van der Waals surface area (Å²) in [6.45, 7) is 3.53. The van der Waals surface area contributed by atoms with Gasteiger partial charge in [0.25, 0.3) is 0 Å². The second kappa shape index (κ2) is 6.32. The van der Waals surface area contributed by atoms with Crippen molar-refractivity contribution >= 4 is 22.5 Å². The second-order valence-electron chi connectivity index (χ2n) is 5.07. The average Bonchev–Trinajstić information content (AvgIpc) is 2.90. The van der Waals surface area contributed by atoms with E-state index >= 15 is 0 Å². The van der Waals surface area contributed by atoms with Crippen LogP contribution >= 0.6 is 11.6 Å². The van der Waals surface area contributed by atoms with Gasteiger partial charge in [0.1, 0.15) is 18.1 Å². The fourth-order valence-electron chi connectivity index (χ4n) is 2.57. The molecule has 3 nitrogen and oxygen atoms in total. The first-order valence-electron chi connectivity index (χ1n) is 7.25. The Labute approximate surface area is 135 Å². The molecule has 2 aromatic carbocycles. The molecule has 1 aromatic heterocycles. The lowest BCUT2D eigenvalue weighted by Crippen LogP contribution is -1.95. The van der Waals surface area contributed by atoms with Gasteiger partial charge in [-0.25, -0.2) is 0 Å². The number of aryl methyl sites for hydroxylation is 1. The Bertz CT molecular complexity index is 795. The molecule has 0 amide bonds. The molecule has 0 aliphatic carbocycles. The minimum atomic E-state index is 0.512. The van der Waals surface area contributed by atoms with Crippen LogP contribution in [-0.4, -0.2) is 11.7 Å². The standard InChI is InChI=1S/C18H18ClNO2/c1-3-20-11-13(17-8-7-14(19)9-18(17)20)12-22-16-6-4-5-15(10-16)21-2/h4-11H,3,12H2,1-2H3. The molecular weight excluding hydrogens is 298 g/mol. The van der Waals surface area contributed by atoms with Gasteiger partial charge in [0.2, 0.25) is 0 Å². The fraction of sp³-hybridized carbons (Fsp3) is 0.222. The van der Waals surface area contributed by atoms with Crippen LogP contribution in [0.3, 0.4) is 0 Å². The second-order valence-corrected chi connectivity index (χ2v) is 5.51. The summed E-state index contributed by atoms with van der Waals surface area (Å²) in [5, 5.41) is 1.93. The van der Waals surface area contributed by atoms with E-state index in [1.165, 1.54) is 5.39 Å². The van der Waals surface area contributed by atoms with E-state index in [9.17, 15) is 0 Å². The van der Waals surface area contributed by atoms with Gasteiger partial charge in [0.05, 0.1) is 7.11 Å². The highest BCUT2D eigenvalue weighted by Gasteiger charge is 2.09. The van der Waals surface area contributed by atoms with Crippen LogP contribution in [0.5, 0.6) is 11.5 Å². The van der Waals surface area contributed by atoms with Gasteiger partial charge < -0.3 is 14.0 Å². The Morgan fingerprint density at radius 1 is 1.09 bits per heavy atom. The Morgan fingerprint density at radius 2 is 1.91 bits per heavy atom. The largest absolute Gasteiger partial charge is 0.497 e. The maximum atomic E-state index is 6.10. The predicted octanol–water partition coefficient (Wildman–Crippen LogP) is 4.90.